The third kappa shape index (κ3) is 7.04. The molecule has 0 spiro atoms. The van der Waals surface area contributed by atoms with Crippen LogP contribution in [0.15, 0.2) is 0 Å². The summed E-state index contributed by atoms with van der Waals surface area (Å²) in [7, 11) is 0. The number of alkyl halides is 3. The highest BCUT2D eigenvalue weighted by atomic mass is 19.4. The van der Waals surface area contributed by atoms with Crippen LogP contribution >= 0.6 is 0 Å². The molecule has 90 valence electrons. The van der Waals surface area contributed by atoms with Gasteiger partial charge in [0.1, 0.15) is 6.54 Å². The predicted octanol–water partition coefficient (Wildman–Crippen LogP) is 2.24. The molecule has 6 heteroatoms. The maximum Gasteiger partial charge on any atom is 0.405 e. The summed E-state index contributed by atoms with van der Waals surface area (Å²) in [5.74, 6) is 0.238. The largest absolute Gasteiger partial charge is 0.405 e. The lowest BCUT2D eigenvalue weighted by Crippen LogP contribution is -2.44. The molecule has 0 unspecified atom stereocenters. The molecule has 0 bridgehead atoms. The molecule has 0 aromatic carbocycles. The molecule has 0 fully saturated rings. The first-order valence-electron chi connectivity index (χ1n) is 4.85. The first-order valence-corrected chi connectivity index (χ1v) is 4.85. The van der Waals surface area contributed by atoms with Crippen molar-refractivity contribution in [3.63, 3.8) is 0 Å². The Labute approximate surface area is 87.6 Å². The minimum absolute atomic E-state index is 0.238. The molecule has 0 rings (SSSR count). The van der Waals surface area contributed by atoms with Crippen LogP contribution in [0.5, 0.6) is 0 Å². The summed E-state index contributed by atoms with van der Waals surface area (Å²) in [6.45, 7) is 5.12. The van der Waals surface area contributed by atoms with Crippen molar-refractivity contribution in [2.75, 3.05) is 19.6 Å². The van der Waals surface area contributed by atoms with Gasteiger partial charge < -0.3 is 10.2 Å². The molecular formula is C9H17F3N2O. The van der Waals surface area contributed by atoms with Crippen molar-refractivity contribution in [2.45, 2.75) is 26.9 Å². The number of nitrogens with zero attached hydrogens (tertiary/aromatic N) is 1. The number of rotatable bonds is 4. The molecular weight excluding hydrogens is 209 g/mol. The molecule has 0 aliphatic carbocycles. The Morgan fingerprint density at radius 3 is 2.27 bits per heavy atom. The monoisotopic (exact) mass is 226 g/mol. The quantitative estimate of drug-likeness (QED) is 0.783. The fourth-order valence-electron chi connectivity index (χ4n) is 1.08. The van der Waals surface area contributed by atoms with Gasteiger partial charge in [-0.15, -0.1) is 0 Å². The smallest absolute Gasteiger partial charge is 0.329 e. The Balaban J connectivity index is 4.05. The molecule has 1 N–H and O–H groups in total. The lowest BCUT2D eigenvalue weighted by molar-refractivity contribution is -0.123. The number of halogens is 3. The normalized spacial score (nSPS) is 11.7. The van der Waals surface area contributed by atoms with Crippen LogP contribution in [0.4, 0.5) is 18.0 Å². The highest BCUT2D eigenvalue weighted by Crippen LogP contribution is 2.12. The second kappa shape index (κ2) is 5.82. The number of amides is 2. The van der Waals surface area contributed by atoms with E-state index >= 15 is 0 Å². The zero-order valence-corrected chi connectivity index (χ0v) is 9.19. The number of urea groups is 1. The van der Waals surface area contributed by atoms with Crippen LogP contribution in [0, 0.1) is 5.92 Å². The number of carbonyl (C=O) groups is 1. The first-order chi connectivity index (χ1) is 6.76. The van der Waals surface area contributed by atoms with Crippen LogP contribution in [-0.4, -0.2) is 36.7 Å². The molecule has 0 aromatic heterocycles. The molecule has 0 aromatic rings. The van der Waals surface area contributed by atoms with E-state index in [0.717, 1.165) is 0 Å². The fraction of sp³-hybridized carbons (Fsp3) is 0.889. The number of carbonyl (C=O) groups excluding carboxylic acids is 1. The number of hydrogen-bond acceptors (Lipinski definition) is 1. The van der Waals surface area contributed by atoms with Gasteiger partial charge in [0.05, 0.1) is 0 Å². The summed E-state index contributed by atoms with van der Waals surface area (Å²) in [5.41, 5.74) is 0. The van der Waals surface area contributed by atoms with Crippen LogP contribution in [0.2, 0.25) is 0 Å². The highest BCUT2D eigenvalue weighted by molar-refractivity contribution is 5.74. The maximum absolute atomic E-state index is 11.8. The van der Waals surface area contributed by atoms with E-state index < -0.39 is 18.8 Å². The molecule has 3 nitrogen and oxygen atoms in total. The Hall–Kier alpha value is -0.940. The first kappa shape index (κ1) is 14.1. The van der Waals surface area contributed by atoms with Gasteiger partial charge in [0, 0.05) is 13.1 Å². The van der Waals surface area contributed by atoms with Gasteiger partial charge in [-0.1, -0.05) is 13.8 Å². The van der Waals surface area contributed by atoms with Gasteiger partial charge in [-0.2, -0.15) is 13.2 Å². The van der Waals surface area contributed by atoms with E-state index in [1.54, 1.807) is 6.92 Å². The van der Waals surface area contributed by atoms with Crippen molar-refractivity contribution in [1.29, 1.82) is 0 Å². The van der Waals surface area contributed by atoms with Crippen LogP contribution in [-0.2, 0) is 0 Å². The summed E-state index contributed by atoms with van der Waals surface area (Å²) < 4.78 is 35.4. The summed E-state index contributed by atoms with van der Waals surface area (Å²) in [5, 5.41) is 1.84. The van der Waals surface area contributed by atoms with E-state index in [2.05, 4.69) is 0 Å². The van der Waals surface area contributed by atoms with Crippen molar-refractivity contribution in [1.82, 2.24) is 10.2 Å². The number of hydrogen-bond donors (Lipinski definition) is 1. The van der Waals surface area contributed by atoms with E-state index in [9.17, 15) is 18.0 Å². The highest BCUT2D eigenvalue weighted by Gasteiger charge is 2.28. The van der Waals surface area contributed by atoms with E-state index in [-0.39, 0.29) is 5.92 Å². The van der Waals surface area contributed by atoms with Crippen molar-refractivity contribution in [3.8, 4) is 0 Å². The van der Waals surface area contributed by atoms with Crippen LogP contribution < -0.4 is 5.32 Å². The standard InChI is InChI=1S/C9H17F3N2O/c1-4-14(5-7(2)3)8(15)13-6-9(10,11)12/h7H,4-6H2,1-3H3,(H,13,15). The molecule has 0 aliphatic heterocycles. The minimum Gasteiger partial charge on any atom is -0.329 e. The average molecular weight is 226 g/mol. The van der Waals surface area contributed by atoms with E-state index in [1.807, 2.05) is 19.2 Å². The van der Waals surface area contributed by atoms with Gasteiger partial charge in [0.2, 0.25) is 0 Å². The third-order valence-electron chi connectivity index (χ3n) is 1.69. The zero-order valence-electron chi connectivity index (χ0n) is 9.19. The summed E-state index contributed by atoms with van der Waals surface area (Å²) in [6, 6.07) is -0.663. The SMILES string of the molecule is CCN(CC(C)C)C(=O)NCC(F)(F)F. The average Bonchev–Trinajstić information content (AvgIpc) is 2.08. The Bertz CT molecular complexity index is 204. The predicted molar refractivity (Wildman–Crippen MR) is 51.5 cm³/mol. The second-order valence-electron chi connectivity index (χ2n) is 3.71. The molecule has 0 saturated heterocycles. The van der Waals surface area contributed by atoms with Gasteiger partial charge in [-0.25, -0.2) is 4.79 Å². The molecule has 0 aliphatic rings. The van der Waals surface area contributed by atoms with E-state index in [0.29, 0.717) is 13.1 Å². The van der Waals surface area contributed by atoms with Gasteiger partial charge in [0.15, 0.2) is 0 Å². The lowest BCUT2D eigenvalue weighted by atomic mass is 10.2. The fourth-order valence-corrected chi connectivity index (χ4v) is 1.08. The summed E-state index contributed by atoms with van der Waals surface area (Å²) in [4.78, 5) is 12.6. The van der Waals surface area contributed by atoms with Crippen LogP contribution in [0.3, 0.4) is 0 Å². The summed E-state index contributed by atoms with van der Waals surface area (Å²) in [6.07, 6.45) is -4.35. The van der Waals surface area contributed by atoms with E-state index in [4.69, 9.17) is 0 Å². The molecule has 0 saturated carbocycles. The van der Waals surface area contributed by atoms with Crippen molar-refractivity contribution < 1.29 is 18.0 Å². The maximum atomic E-state index is 11.8. The van der Waals surface area contributed by atoms with Crippen molar-refractivity contribution in [2.24, 2.45) is 5.92 Å². The van der Waals surface area contributed by atoms with Crippen LogP contribution in [0.1, 0.15) is 20.8 Å². The third-order valence-corrected chi connectivity index (χ3v) is 1.69. The molecule has 0 radical (unpaired) electrons. The Morgan fingerprint density at radius 2 is 1.93 bits per heavy atom. The van der Waals surface area contributed by atoms with E-state index in [1.165, 1.54) is 4.90 Å². The zero-order chi connectivity index (χ0) is 12.1. The topological polar surface area (TPSA) is 32.3 Å². The van der Waals surface area contributed by atoms with Gasteiger partial charge in [-0.3, -0.25) is 0 Å². The van der Waals surface area contributed by atoms with Gasteiger partial charge in [-0.05, 0) is 12.8 Å². The van der Waals surface area contributed by atoms with Gasteiger partial charge in [0.25, 0.3) is 0 Å². The Kier molecular flexibility index (Phi) is 5.46. The number of nitrogens with one attached hydrogen (secondary N) is 1. The molecule has 2 amide bonds. The van der Waals surface area contributed by atoms with Crippen molar-refractivity contribution in [3.05, 3.63) is 0 Å². The lowest BCUT2D eigenvalue weighted by Gasteiger charge is -2.23. The van der Waals surface area contributed by atoms with Crippen LogP contribution in [0.25, 0.3) is 0 Å². The van der Waals surface area contributed by atoms with Crippen molar-refractivity contribution >= 4 is 6.03 Å². The summed E-state index contributed by atoms with van der Waals surface area (Å²) >= 11 is 0. The minimum atomic E-state index is -4.35. The molecule has 0 atom stereocenters. The second-order valence-corrected chi connectivity index (χ2v) is 3.71. The van der Waals surface area contributed by atoms with Gasteiger partial charge >= 0.3 is 12.2 Å². The molecule has 15 heavy (non-hydrogen) atoms. The molecule has 0 heterocycles. The Morgan fingerprint density at radius 1 is 1.40 bits per heavy atom.